The van der Waals surface area contributed by atoms with Gasteiger partial charge in [-0.15, -0.1) is 0 Å². The Balaban J connectivity index is 2.55. The van der Waals surface area contributed by atoms with Gasteiger partial charge in [-0.1, -0.05) is 18.2 Å². The number of aromatic nitrogens is 2. The van der Waals surface area contributed by atoms with Crippen LogP contribution in [0, 0.1) is 0 Å². The van der Waals surface area contributed by atoms with E-state index in [1.165, 1.54) is 4.52 Å². The second-order valence-electron chi connectivity index (χ2n) is 4.39. The van der Waals surface area contributed by atoms with Gasteiger partial charge in [0.15, 0.2) is 0 Å². The lowest BCUT2D eigenvalue weighted by atomic mass is 10.2. The lowest BCUT2D eigenvalue weighted by molar-refractivity contribution is 0.840. The molecule has 0 N–H and O–H groups in total. The van der Waals surface area contributed by atoms with Gasteiger partial charge >= 0.3 is 0 Å². The lowest BCUT2D eigenvalue weighted by Crippen LogP contribution is -2.21. The van der Waals surface area contributed by atoms with Crippen molar-refractivity contribution in [3.8, 4) is 0 Å². The van der Waals surface area contributed by atoms with Gasteiger partial charge in [-0.3, -0.25) is 9.59 Å². The summed E-state index contributed by atoms with van der Waals surface area (Å²) >= 11 is 3.45. The molecule has 4 nitrogen and oxygen atoms in total. The van der Waals surface area contributed by atoms with Gasteiger partial charge in [0, 0.05) is 4.47 Å². The van der Waals surface area contributed by atoms with Crippen LogP contribution in [0.1, 0.15) is 0 Å². The highest BCUT2D eigenvalue weighted by Crippen LogP contribution is 2.24. The summed E-state index contributed by atoms with van der Waals surface area (Å²) < 4.78 is 3.67. The molecule has 0 aliphatic carbocycles. The molecule has 0 unspecified atom stereocenters. The highest BCUT2D eigenvalue weighted by Gasteiger charge is 2.17. The average Bonchev–Trinajstić information content (AvgIpc) is 2.88. The van der Waals surface area contributed by atoms with Crippen LogP contribution in [0.4, 0.5) is 0 Å². The molecule has 4 rings (SSSR count). The summed E-state index contributed by atoms with van der Waals surface area (Å²) in [6, 6.07) is 12.6. The maximum absolute atomic E-state index is 12.4. The van der Waals surface area contributed by atoms with Crippen LogP contribution in [0.3, 0.4) is 0 Å². The molecule has 0 amide bonds. The first kappa shape index (κ1) is 10.8. The summed E-state index contributed by atoms with van der Waals surface area (Å²) in [6.45, 7) is 0. The number of hydrogen-bond acceptors (Lipinski definition) is 2. The van der Waals surface area contributed by atoms with Gasteiger partial charge < -0.3 is 0 Å². The molecule has 4 aromatic rings. The number of para-hydroxylation sites is 2. The molecule has 0 bridgehead atoms. The van der Waals surface area contributed by atoms with Crippen molar-refractivity contribution in [2.75, 3.05) is 0 Å². The van der Waals surface area contributed by atoms with E-state index < -0.39 is 0 Å². The molecule has 0 saturated heterocycles. The summed E-state index contributed by atoms with van der Waals surface area (Å²) in [5.74, 6) is 0. The summed E-state index contributed by atoms with van der Waals surface area (Å²) in [5, 5.41) is 1.09. The molecule has 0 radical (unpaired) electrons. The Bertz CT molecular complexity index is 1060. The fraction of sp³-hybridized carbons (Fsp3) is 0. The van der Waals surface area contributed by atoms with Gasteiger partial charge in [0.2, 0.25) is 0 Å². The third-order valence-electron chi connectivity index (χ3n) is 3.38. The smallest absolute Gasteiger partial charge is 0.267 e. The van der Waals surface area contributed by atoms with Gasteiger partial charge in [0.1, 0.15) is 0 Å². The van der Waals surface area contributed by atoms with Crippen LogP contribution in [0.25, 0.3) is 21.8 Å². The molecule has 0 fully saturated rings. The standard InChI is InChI=1S/C14H7BrN2O2/c15-10-6-3-5-9-12(10)16-11-7-2-1-4-8(11)13(18)17(16)14(9)19/h1-7H. The Morgan fingerprint density at radius 3 is 2.32 bits per heavy atom. The predicted molar refractivity (Wildman–Crippen MR) is 77.3 cm³/mol. The van der Waals surface area contributed by atoms with Crippen LogP contribution >= 0.6 is 15.9 Å². The summed E-state index contributed by atoms with van der Waals surface area (Å²) in [5.41, 5.74) is 0.915. The molecular formula is C14H7BrN2O2. The van der Waals surface area contributed by atoms with Crippen molar-refractivity contribution in [3.63, 3.8) is 0 Å². The SMILES string of the molecule is O=c1c2ccccc2n2c3c(Br)cccc3c(=O)n12. The first-order valence-corrected chi connectivity index (χ1v) is 6.56. The van der Waals surface area contributed by atoms with E-state index in [0.29, 0.717) is 10.8 Å². The van der Waals surface area contributed by atoms with E-state index in [2.05, 4.69) is 15.9 Å². The molecular weight excluding hydrogens is 308 g/mol. The Hall–Kier alpha value is -2.14. The van der Waals surface area contributed by atoms with Gasteiger partial charge in [-0.05, 0) is 40.2 Å². The topological polar surface area (TPSA) is 43.0 Å². The molecule has 0 saturated carbocycles. The summed E-state index contributed by atoms with van der Waals surface area (Å²) in [7, 11) is 0. The first-order valence-electron chi connectivity index (χ1n) is 5.76. The maximum Gasteiger partial charge on any atom is 0.282 e. The largest absolute Gasteiger partial charge is 0.282 e. The van der Waals surface area contributed by atoms with Crippen molar-refractivity contribution in [2.24, 2.45) is 0 Å². The zero-order valence-corrected chi connectivity index (χ0v) is 11.2. The van der Waals surface area contributed by atoms with E-state index >= 15 is 0 Å². The quantitative estimate of drug-likeness (QED) is 0.499. The monoisotopic (exact) mass is 314 g/mol. The van der Waals surface area contributed by atoms with Crippen LogP contribution in [0.5, 0.6) is 0 Å². The Morgan fingerprint density at radius 1 is 0.789 bits per heavy atom. The van der Waals surface area contributed by atoms with Gasteiger partial charge in [-0.2, -0.15) is 4.52 Å². The minimum atomic E-state index is -0.280. The first-order chi connectivity index (χ1) is 9.20. The molecule has 19 heavy (non-hydrogen) atoms. The molecule has 2 aromatic heterocycles. The zero-order chi connectivity index (χ0) is 13.1. The second-order valence-corrected chi connectivity index (χ2v) is 5.24. The molecule has 2 aromatic carbocycles. The molecule has 0 spiro atoms. The van der Waals surface area contributed by atoms with Crippen molar-refractivity contribution < 1.29 is 0 Å². The van der Waals surface area contributed by atoms with Crippen LogP contribution in [-0.4, -0.2) is 9.03 Å². The molecule has 0 atom stereocenters. The van der Waals surface area contributed by atoms with E-state index in [-0.39, 0.29) is 11.1 Å². The van der Waals surface area contributed by atoms with Crippen LogP contribution < -0.4 is 11.1 Å². The normalized spacial score (nSPS) is 11.8. The Morgan fingerprint density at radius 2 is 1.47 bits per heavy atom. The third kappa shape index (κ3) is 1.18. The van der Waals surface area contributed by atoms with E-state index in [4.69, 9.17) is 0 Å². The van der Waals surface area contributed by atoms with Gasteiger partial charge in [0.25, 0.3) is 11.1 Å². The van der Waals surface area contributed by atoms with E-state index in [1.54, 1.807) is 28.8 Å². The van der Waals surface area contributed by atoms with E-state index in [9.17, 15) is 9.59 Å². The summed E-state index contributed by atoms with van der Waals surface area (Å²) in [4.78, 5) is 24.7. The van der Waals surface area contributed by atoms with Crippen molar-refractivity contribution in [3.05, 3.63) is 67.6 Å². The fourth-order valence-electron chi connectivity index (χ4n) is 2.57. The third-order valence-corrected chi connectivity index (χ3v) is 4.02. The second kappa shape index (κ2) is 3.45. The average molecular weight is 315 g/mol. The zero-order valence-electron chi connectivity index (χ0n) is 9.63. The summed E-state index contributed by atoms with van der Waals surface area (Å²) in [6.07, 6.45) is 0. The highest BCUT2D eigenvalue weighted by molar-refractivity contribution is 9.10. The van der Waals surface area contributed by atoms with Crippen LogP contribution in [-0.2, 0) is 0 Å². The number of nitrogens with zero attached hydrogens (tertiary/aromatic N) is 2. The van der Waals surface area contributed by atoms with Crippen molar-refractivity contribution in [1.82, 2.24) is 9.03 Å². The maximum atomic E-state index is 12.4. The van der Waals surface area contributed by atoms with Crippen molar-refractivity contribution in [1.29, 1.82) is 0 Å². The van der Waals surface area contributed by atoms with Gasteiger partial charge in [-0.25, -0.2) is 4.52 Å². The van der Waals surface area contributed by atoms with Crippen molar-refractivity contribution in [2.45, 2.75) is 0 Å². The van der Waals surface area contributed by atoms with Crippen LogP contribution in [0.2, 0.25) is 0 Å². The van der Waals surface area contributed by atoms with Crippen LogP contribution in [0.15, 0.2) is 56.5 Å². The highest BCUT2D eigenvalue weighted by atomic mass is 79.9. The number of fused-ring (bicyclic) bond motifs is 5. The number of rotatable bonds is 0. The molecule has 2 heterocycles. The van der Waals surface area contributed by atoms with E-state index in [0.717, 1.165) is 15.5 Å². The fourth-order valence-corrected chi connectivity index (χ4v) is 3.11. The molecule has 0 aliphatic rings. The predicted octanol–water partition coefficient (Wildman–Crippen LogP) is 2.27. The minimum Gasteiger partial charge on any atom is -0.267 e. The Kier molecular flexibility index (Phi) is 1.95. The molecule has 92 valence electrons. The lowest BCUT2D eigenvalue weighted by Gasteiger charge is -1.96. The Labute approximate surface area is 115 Å². The number of halogens is 1. The molecule has 5 heteroatoms. The van der Waals surface area contributed by atoms with Crippen molar-refractivity contribution >= 4 is 37.7 Å². The number of benzene rings is 2. The minimum absolute atomic E-state index is 0.274. The molecule has 0 aliphatic heterocycles. The van der Waals surface area contributed by atoms with Gasteiger partial charge in [0.05, 0.1) is 21.8 Å². The van der Waals surface area contributed by atoms with E-state index in [1.807, 2.05) is 18.2 Å². The number of hydrogen-bond donors (Lipinski definition) is 0.